The molecule has 0 atom stereocenters. The number of nitrogens with zero attached hydrogens (tertiary/aromatic N) is 1. The number of amides is 2. The van der Waals surface area contributed by atoms with E-state index in [2.05, 4.69) is 15.7 Å². The number of halogens is 1. The van der Waals surface area contributed by atoms with Crippen LogP contribution in [0.15, 0.2) is 12.1 Å². The topological polar surface area (TPSA) is 123 Å². The van der Waals surface area contributed by atoms with Crippen molar-refractivity contribution in [3.05, 3.63) is 22.8 Å². The molecule has 0 spiro atoms. The minimum Gasteiger partial charge on any atom is -0.369 e. The van der Waals surface area contributed by atoms with Crippen molar-refractivity contribution in [2.24, 2.45) is 17.0 Å². The van der Waals surface area contributed by atoms with Gasteiger partial charge < -0.3 is 16.5 Å². The Balaban J connectivity index is 2.82. The van der Waals surface area contributed by atoms with Gasteiger partial charge in [0.15, 0.2) is 0 Å². The first-order valence-corrected chi connectivity index (χ1v) is 5.87. The van der Waals surface area contributed by atoms with Crippen molar-refractivity contribution >= 4 is 29.2 Å². The highest BCUT2D eigenvalue weighted by Crippen LogP contribution is 2.17. The number of rotatable bonds is 5. The number of hydrogen-bond donors (Lipinski definition) is 4. The van der Waals surface area contributed by atoms with Gasteiger partial charge in [-0.2, -0.15) is 0 Å². The summed E-state index contributed by atoms with van der Waals surface area (Å²) in [6, 6.07) is 3.03. The van der Waals surface area contributed by atoms with E-state index in [4.69, 9.17) is 23.2 Å². The number of pyridine rings is 1. The van der Waals surface area contributed by atoms with Crippen LogP contribution in [-0.4, -0.2) is 23.3 Å². The minimum absolute atomic E-state index is 0.0254. The van der Waals surface area contributed by atoms with Gasteiger partial charge in [0.2, 0.25) is 5.91 Å². The number of hydrogen-bond acceptors (Lipinski definition) is 5. The standard InChI is InChI=1S/C11H16ClN5O2/c1-11(2,10(13)19)5-15-9(18)8-6(12)3-4-7(16-8)17-14/h3-4H,5,14H2,1-2H3,(H2,13,19)(H,15,18)(H,16,17). The van der Waals surface area contributed by atoms with Gasteiger partial charge >= 0.3 is 0 Å². The summed E-state index contributed by atoms with van der Waals surface area (Å²) < 4.78 is 0. The molecule has 7 nitrogen and oxygen atoms in total. The Morgan fingerprint density at radius 2 is 2.05 bits per heavy atom. The highest BCUT2D eigenvalue weighted by atomic mass is 35.5. The van der Waals surface area contributed by atoms with Gasteiger partial charge in [-0.15, -0.1) is 0 Å². The number of carbonyl (C=O) groups is 2. The molecule has 1 rings (SSSR count). The van der Waals surface area contributed by atoms with E-state index >= 15 is 0 Å². The number of nitrogens with one attached hydrogen (secondary N) is 2. The molecule has 0 bridgehead atoms. The van der Waals surface area contributed by atoms with Crippen LogP contribution in [0, 0.1) is 5.41 Å². The first-order chi connectivity index (χ1) is 8.77. The SMILES string of the molecule is CC(C)(CNC(=O)c1nc(NN)ccc1Cl)C(N)=O. The van der Waals surface area contributed by atoms with Crippen molar-refractivity contribution < 1.29 is 9.59 Å². The normalized spacial score (nSPS) is 10.9. The minimum atomic E-state index is -0.855. The van der Waals surface area contributed by atoms with Gasteiger partial charge in [0.1, 0.15) is 11.5 Å². The Hall–Kier alpha value is -1.86. The molecule has 2 amide bonds. The summed E-state index contributed by atoms with van der Waals surface area (Å²) in [5.41, 5.74) is 6.70. The molecule has 0 aliphatic heterocycles. The number of hydrazine groups is 1. The zero-order valence-electron chi connectivity index (χ0n) is 10.7. The van der Waals surface area contributed by atoms with Crippen LogP contribution in [0.1, 0.15) is 24.3 Å². The van der Waals surface area contributed by atoms with Gasteiger partial charge in [0.05, 0.1) is 10.4 Å². The van der Waals surface area contributed by atoms with Crippen molar-refractivity contribution in [3.63, 3.8) is 0 Å². The fourth-order valence-electron chi connectivity index (χ4n) is 1.15. The van der Waals surface area contributed by atoms with E-state index in [1.165, 1.54) is 12.1 Å². The summed E-state index contributed by atoms with van der Waals surface area (Å²) in [5, 5.41) is 2.75. The predicted octanol–water partition coefficient (Wildman–Crippen LogP) is 0.262. The summed E-state index contributed by atoms with van der Waals surface area (Å²) in [6.07, 6.45) is 0. The molecule has 0 unspecified atom stereocenters. The van der Waals surface area contributed by atoms with Crippen molar-refractivity contribution in [3.8, 4) is 0 Å². The van der Waals surface area contributed by atoms with E-state index in [1.807, 2.05) is 0 Å². The van der Waals surface area contributed by atoms with Crippen LogP contribution >= 0.6 is 11.6 Å². The number of aromatic nitrogens is 1. The summed E-state index contributed by atoms with van der Waals surface area (Å²) in [6.45, 7) is 3.34. The Kier molecular flexibility index (Phi) is 4.68. The molecule has 1 aromatic heterocycles. The molecule has 0 fully saturated rings. The number of nitrogens with two attached hydrogens (primary N) is 2. The lowest BCUT2D eigenvalue weighted by Crippen LogP contribution is -2.42. The van der Waals surface area contributed by atoms with Crippen LogP contribution in [-0.2, 0) is 4.79 Å². The first-order valence-electron chi connectivity index (χ1n) is 5.49. The van der Waals surface area contributed by atoms with Crippen LogP contribution in [0.25, 0.3) is 0 Å². The summed E-state index contributed by atoms with van der Waals surface area (Å²) in [7, 11) is 0. The molecule has 19 heavy (non-hydrogen) atoms. The molecule has 0 aromatic carbocycles. The zero-order valence-corrected chi connectivity index (χ0v) is 11.4. The van der Waals surface area contributed by atoms with Crippen LogP contribution in [0.2, 0.25) is 5.02 Å². The van der Waals surface area contributed by atoms with Crippen LogP contribution < -0.4 is 22.3 Å². The smallest absolute Gasteiger partial charge is 0.271 e. The average molecular weight is 286 g/mol. The fourth-order valence-corrected chi connectivity index (χ4v) is 1.34. The quantitative estimate of drug-likeness (QED) is 0.456. The average Bonchev–Trinajstić information content (AvgIpc) is 2.36. The molecular formula is C11H16ClN5O2. The maximum absolute atomic E-state index is 11.9. The lowest BCUT2D eigenvalue weighted by atomic mass is 9.93. The van der Waals surface area contributed by atoms with Crippen molar-refractivity contribution in [1.29, 1.82) is 0 Å². The van der Waals surface area contributed by atoms with E-state index in [0.717, 1.165) is 0 Å². The lowest BCUT2D eigenvalue weighted by Gasteiger charge is -2.20. The Morgan fingerprint density at radius 3 is 2.58 bits per heavy atom. The van der Waals surface area contributed by atoms with E-state index in [0.29, 0.717) is 5.82 Å². The zero-order chi connectivity index (χ0) is 14.6. The number of carbonyl (C=O) groups excluding carboxylic acids is 2. The number of nitrogen functional groups attached to an aromatic ring is 1. The Morgan fingerprint density at radius 1 is 1.42 bits per heavy atom. The van der Waals surface area contributed by atoms with Gasteiger partial charge in [-0.3, -0.25) is 9.59 Å². The maximum atomic E-state index is 11.9. The van der Waals surface area contributed by atoms with Gasteiger partial charge in [-0.1, -0.05) is 11.6 Å². The second-order valence-electron chi connectivity index (χ2n) is 4.60. The van der Waals surface area contributed by atoms with Crippen LogP contribution in [0.4, 0.5) is 5.82 Å². The van der Waals surface area contributed by atoms with Gasteiger partial charge in [-0.25, -0.2) is 10.8 Å². The summed E-state index contributed by atoms with van der Waals surface area (Å²) in [4.78, 5) is 27.0. The van der Waals surface area contributed by atoms with Crippen LogP contribution in [0.5, 0.6) is 0 Å². The molecule has 0 aliphatic rings. The monoisotopic (exact) mass is 285 g/mol. The van der Waals surface area contributed by atoms with Crippen molar-refractivity contribution in [2.45, 2.75) is 13.8 Å². The first kappa shape index (κ1) is 15.2. The molecule has 0 radical (unpaired) electrons. The molecule has 6 N–H and O–H groups in total. The molecule has 0 saturated carbocycles. The number of primary amides is 1. The molecule has 8 heteroatoms. The highest BCUT2D eigenvalue weighted by Gasteiger charge is 2.26. The molecular weight excluding hydrogens is 270 g/mol. The second kappa shape index (κ2) is 5.85. The fraction of sp³-hybridized carbons (Fsp3) is 0.364. The van der Waals surface area contributed by atoms with Crippen molar-refractivity contribution in [2.75, 3.05) is 12.0 Å². The maximum Gasteiger partial charge on any atom is 0.271 e. The third-order valence-electron chi connectivity index (χ3n) is 2.57. The molecule has 104 valence electrons. The Bertz CT molecular complexity index is 504. The Labute approximate surface area is 115 Å². The molecule has 0 saturated heterocycles. The van der Waals surface area contributed by atoms with Crippen molar-refractivity contribution in [1.82, 2.24) is 10.3 Å². The molecule has 0 aliphatic carbocycles. The predicted molar refractivity (Wildman–Crippen MR) is 72.4 cm³/mol. The summed E-state index contributed by atoms with van der Waals surface area (Å²) in [5.74, 6) is 4.50. The highest BCUT2D eigenvalue weighted by molar-refractivity contribution is 6.33. The second-order valence-corrected chi connectivity index (χ2v) is 5.01. The number of anilines is 1. The van der Waals surface area contributed by atoms with Gasteiger partial charge in [0, 0.05) is 6.54 Å². The van der Waals surface area contributed by atoms with E-state index in [-0.39, 0.29) is 17.3 Å². The third-order valence-corrected chi connectivity index (χ3v) is 2.87. The molecule has 1 aromatic rings. The van der Waals surface area contributed by atoms with E-state index < -0.39 is 17.2 Å². The van der Waals surface area contributed by atoms with E-state index in [1.54, 1.807) is 13.8 Å². The largest absolute Gasteiger partial charge is 0.369 e. The molecule has 1 heterocycles. The lowest BCUT2D eigenvalue weighted by molar-refractivity contribution is -0.125. The van der Waals surface area contributed by atoms with Crippen LogP contribution in [0.3, 0.4) is 0 Å². The van der Waals surface area contributed by atoms with E-state index in [9.17, 15) is 9.59 Å². The van der Waals surface area contributed by atoms with Gasteiger partial charge in [-0.05, 0) is 26.0 Å². The third kappa shape index (κ3) is 3.80. The van der Waals surface area contributed by atoms with Gasteiger partial charge in [0.25, 0.3) is 5.91 Å². The summed E-state index contributed by atoms with van der Waals surface area (Å²) >= 11 is 5.88.